The number of amides is 2. The van der Waals surface area contributed by atoms with Gasteiger partial charge in [-0.3, -0.25) is 0 Å². The van der Waals surface area contributed by atoms with Crippen molar-refractivity contribution in [2.75, 3.05) is 28.2 Å². The molecule has 2 aliphatic rings. The lowest BCUT2D eigenvalue weighted by molar-refractivity contribution is 0.164. The number of unbranched alkanes of at least 4 members (excludes halogenated alkanes) is 1. The van der Waals surface area contributed by atoms with Gasteiger partial charge in [-0.1, -0.05) is 65.7 Å². The maximum atomic E-state index is 12.8. The number of rotatable bonds is 8. The second kappa shape index (κ2) is 13.0. The van der Waals surface area contributed by atoms with E-state index in [4.69, 9.17) is 9.47 Å². The Morgan fingerprint density at radius 2 is 1.30 bits per heavy atom. The van der Waals surface area contributed by atoms with Gasteiger partial charge < -0.3 is 19.3 Å². The highest BCUT2D eigenvalue weighted by molar-refractivity contribution is 5.74. The van der Waals surface area contributed by atoms with Gasteiger partial charge in [0.15, 0.2) is 0 Å². The summed E-state index contributed by atoms with van der Waals surface area (Å²) in [7, 11) is 6.78. The quantitative estimate of drug-likeness (QED) is 0.351. The third kappa shape index (κ3) is 7.64. The molecule has 1 aromatic carbocycles. The molecule has 6 nitrogen and oxygen atoms in total. The zero-order valence-electron chi connectivity index (χ0n) is 24.4. The maximum Gasteiger partial charge on any atom is 0.414 e. The van der Waals surface area contributed by atoms with Gasteiger partial charge in [0.2, 0.25) is 0 Å². The highest BCUT2D eigenvalue weighted by Gasteiger charge is 2.34. The van der Waals surface area contributed by atoms with Crippen LogP contribution in [0, 0.1) is 11.8 Å². The van der Waals surface area contributed by atoms with E-state index in [1.54, 1.807) is 28.2 Å². The van der Waals surface area contributed by atoms with E-state index >= 15 is 0 Å². The van der Waals surface area contributed by atoms with Gasteiger partial charge in [-0.25, -0.2) is 9.59 Å². The maximum absolute atomic E-state index is 12.8. The second-order valence-corrected chi connectivity index (χ2v) is 12.4. The Bertz CT molecular complexity index is 867. The highest BCUT2D eigenvalue weighted by atomic mass is 16.6. The molecular weight excluding hydrogens is 464 g/mol. The summed E-state index contributed by atoms with van der Waals surface area (Å²) >= 11 is 0. The number of carbonyl (C=O) groups is 2. The summed E-state index contributed by atoms with van der Waals surface area (Å²) in [5.74, 6) is 2.92. The van der Waals surface area contributed by atoms with Gasteiger partial charge in [-0.15, -0.1) is 0 Å². The van der Waals surface area contributed by atoms with Crippen molar-refractivity contribution in [3.63, 3.8) is 0 Å². The third-order valence-electron chi connectivity index (χ3n) is 8.66. The molecule has 2 aliphatic carbocycles. The van der Waals surface area contributed by atoms with Crippen LogP contribution in [0.4, 0.5) is 9.59 Å². The SMILES string of the molecule is CCCCC(C)(C)c1cc(OC(=O)N(C)C)c(C2CCC(C3CCCCC3)CC2)c(OC(=O)N(C)C)c1. The third-order valence-corrected chi connectivity index (χ3v) is 8.66. The number of ether oxygens (including phenoxy) is 2. The molecule has 37 heavy (non-hydrogen) atoms. The summed E-state index contributed by atoms with van der Waals surface area (Å²) in [4.78, 5) is 28.4. The van der Waals surface area contributed by atoms with Crippen LogP contribution in [0.25, 0.3) is 0 Å². The number of benzene rings is 1. The number of hydrogen-bond donors (Lipinski definition) is 0. The molecule has 2 amide bonds. The van der Waals surface area contributed by atoms with Crippen LogP contribution < -0.4 is 9.47 Å². The number of carbonyl (C=O) groups excluding carboxylic acids is 2. The standard InChI is InChI=1S/C31H50N2O4/c1-8-9-19-31(2,3)25-20-26(36-29(34)32(4)5)28(27(21-25)37-30(35)33(6)7)24-17-15-23(16-18-24)22-13-11-10-12-14-22/h20-24H,8-19H2,1-7H3. The van der Waals surface area contributed by atoms with Crippen molar-refractivity contribution in [3.05, 3.63) is 23.3 Å². The van der Waals surface area contributed by atoms with E-state index in [0.717, 1.165) is 55.1 Å². The van der Waals surface area contributed by atoms with Gasteiger partial charge in [-0.05, 0) is 73.0 Å². The van der Waals surface area contributed by atoms with Crippen molar-refractivity contribution in [1.29, 1.82) is 0 Å². The lowest BCUT2D eigenvalue weighted by Gasteiger charge is -2.37. The zero-order chi connectivity index (χ0) is 27.2. The van der Waals surface area contributed by atoms with Crippen LogP contribution in [0.1, 0.15) is 115 Å². The lowest BCUT2D eigenvalue weighted by atomic mass is 9.69. The van der Waals surface area contributed by atoms with E-state index in [2.05, 4.69) is 20.8 Å². The first kappa shape index (κ1) is 29.3. The van der Waals surface area contributed by atoms with Crippen LogP contribution >= 0.6 is 0 Å². The first-order chi connectivity index (χ1) is 17.5. The van der Waals surface area contributed by atoms with Gasteiger partial charge >= 0.3 is 12.2 Å². The Morgan fingerprint density at radius 1 is 0.811 bits per heavy atom. The summed E-state index contributed by atoms with van der Waals surface area (Å²) < 4.78 is 12.0. The Morgan fingerprint density at radius 3 is 1.76 bits per heavy atom. The van der Waals surface area contributed by atoms with Gasteiger partial charge in [0, 0.05) is 33.8 Å². The topological polar surface area (TPSA) is 59.1 Å². The molecule has 0 bridgehead atoms. The van der Waals surface area contributed by atoms with Gasteiger partial charge in [0.05, 0.1) is 0 Å². The first-order valence-corrected chi connectivity index (χ1v) is 14.5. The van der Waals surface area contributed by atoms with Crippen molar-refractivity contribution in [2.24, 2.45) is 11.8 Å². The fraction of sp³-hybridized carbons (Fsp3) is 0.742. The van der Waals surface area contributed by atoms with E-state index in [1.165, 1.54) is 54.7 Å². The molecule has 1 aromatic rings. The van der Waals surface area contributed by atoms with Crippen molar-refractivity contribution < 1.29 is 19.1 Å². The average molecular weight is 515 g/mol. The minimum Gasteiger partial charge on any atom is -0.410 e. The minimum atomic E-state index is -0.412. The van der Waals surface area contributed by atoms with Crippen molar-refractivity contribution >= 4 is 12.2 Å². The van der Waals surface area contributed by atoms with E-state index < -0.39 is 12.2 Å². The van der Waals surface area contributed by atoms with Crippen LogP contribution in [0.3, 0.4) is 0 Å². The first-order valence-electron chi connectivity index (χ1n) is 14.5. The molecule has 0 atom stereocenters. The normalized spacial score (nSPS) is 20.8. The van der Waals surface area contributed by atoms with E-state index in [1.807, 2.05) is 12.1 Å². The molecule has 0 aromatic heterocycles. The predicted molar refractivity (Wildman–Crippen MR) is 150 cm³/mol. The van der Waals surface area contributed by atoms with Crippen molar-refractivity contribution in [3.8, 4) is 11.5 Å². The molecule has 6 heteroatoms. The molecule has 208 valence electrons. The fourth-order valence-corrected chi connectivity index (χ4v) is 6.18. The average Bonchev–Trinajstić information content (AvgIpc) is 2.88. The molecule has 2 fully saturated rings. The lowest BCUT2D eigenvalue weighted by Crippen LogP contribution is -2.29. The molecule has 0 spiro atoms. The number of hydrogen-bond acceptors (Lipinski definition) is 4. The Balaban J connectivity index is 2.01. The summed E-state index contributed by atoms with van der Waals surface area (Å²) in [5, 5.41) is 0. The second-order valence-electron chi connectivity index (χ2n) is 12.4. The number of nitrogens with zero attached hydrogens (tertiary/aromatic N) is 2. The van der Waals surface area contributed by atoms with Crippen LogP contribution in [0.5, 0.6) is 11.5 Å². The Labute approximate surface area is 225 Å². The smallest absolute Gasteiger partial charge is 0.410 e. The molecular formula is C31H50N2O4. The Hall–Kier alpha value is -2.24. The largest absolute Gasteiger partial charge is 0.414 e. The molecule has 0 aliphatic heterocycles. The van der Waals surface area contributed by atoms with E-state index in [0.29, 0.717) is 11.5 Å². The van der Waals surface area contributed by atoms with Gasteiger partial charge in [0.1, 0.15) is 11.5 Å². The predicted octanol–water partition coefficient (Wildman–Crippen LogP) is 8.13. The molecule has 0 heterocycles. The van der Waals surface area contributed by atoms with Crippen LogP contribution in [0.2, 0.25) is 0 Å². The monoisotopic (exact) mass is 514 g/mol. The molecule has 0 radical (unpaired) electrons. The highest BCUT2D eigenvalue weighted by Crippen LogP contribution is 2.49. The summed E-state index contributed by atoms with van der Waals surface area (Å²) in [6.45, 7) is 6.61. The molecule has 3 rings (SSSR count). The zero-order valence-corrected chi connectivity index (χ0v) is 24.4. The van der Waals surface area contributed by atoms with E-state index in [9.17, 15) is 9.59 Å². The molecule has 2 saturated carbocycles. The summed E-state index contributed by atoms with van der Waals surface area (Å²) in [5.41, 5.74) is 1.76. The van der Waals surface area contributed by atoms with Gasteiger partial charge in [-0.2, -0.15) is 0 Å². The molecule has 0 saturated heterocycles. The molecule has 0 N–H and O–H groups in total. The summed E-state index contributed by atoms with van der Waals surface area (Å²) in [6.07, 6.45) is 13.7. The van der Waals surface area contributed by atoms with Crippen LogP contribution in [0.15, 0.2) is 12.1 Å². The fourth-order valence-electron chi connectivity index (χ4n) is 6.18. The van der Waals surface area contributed by atoms with Crippen LogP contribution in [-0.4, -0.2) is 50.2 Å². The van der Waals surface area contributed by atoms with E-state index in [-0.39, 0.29) is 11.3 Å². The molecule has 0 unspecified atom stereocenters. The Kier molecular flexibility index (Phi) is 10.3. The summed E-state index contributed by atoms with van der Waals surface area (Å²) in [6, 6.07) is 4.07. The van der Waals surface area contributed by atoms with Crippen molar-refractivity contribution in [1.82, 2.24) is 9.80 Å². The van der Waals surface area contributed by atoms with Crippen molar-refractivity contribution in [2.45, 2.75) is 109 Å². The van der Waals surface area contributed by atoms with Crippen LogP contribution in [-0.2, 0) is 5.41 Å². The van der Waals surface area contributed by atoms with Gasteiger partial charge in [0.25, 0.3) is 0 Å². The minimum absolute atomic E-state index is 0.147.